The average Bonchev–Trinajstić information content (AvgIpc) is 2.51. The highest BCUT2D eigenvalue weighted by atomic mass is 16.6. The molecule has 1 amide bonds. The molecule has 0 unspecified atom stereocenters. The van der Waals surface area contributed by atoms with Crippen LogP contribution < -0.4 is 5.32 Å². The first-order valence-electron chi connectivity index (χ1n) is 5.13. The monoisotopic (exact) mass is 211 g/mol. The molecule has 1 aromatic rings. The van der Waals surface area contributed by atoms with Crippen LogP contribution in [-0.2, 0) is 11.2 Å². The van der Waals surface area contributed by atoms with E-state index in [2.05, 4.69) is 22.4 Å². The van der Waals surface area contributed by atoms with Crippen molar-refractivity contribution in [2.24, 2.45) is 0 Å². The molecule has 2 N–H and O–H groups in total. The van der Waals surface area contributed by atoms with Crippen molar-refractivity contribution in [3.63, 3.8) is 0 Å². The molecule has 0 aliphatic heterocycles. The number of H-pyrrole nitrogens is 1. The smallest absolute Gasteiger partial charge is 0.413 e. The maximum absolute atomic E-state index is 11.2. The van der Waals surface area contributed by atoms with Crippen molar-refractivity contribution in [2.45, 2.75) is 39.7 Å². The van der Waals surface area contributed by atoms with Crippen molar-refractivity contribution in [2.75, 3.05) is 5.32 Å². The van der Waals surface area contributed by atoms with Gasteiger partial charge in [0.25, 0.3) is 0 Å². The number of hydrogen-bond acceptors (Lipinski definition) is 3. The van der Waals surface area contributed by atoms with E-state index in [1.165, 1.54) is 0 Å². The number of carbonyl (C=O) groups excluding carboxylic acids is 1. The fourth-order valence-corrected chi connectivity index (χ4v) is 1.17. The molecule has 5 heteroatoms. The third kappa shape index (κ3) is 4.01. The van der Waals surface area contributed by atoms with Gasteiger partial charge < -0.3 is 4.74 Å². The second-order valence-corrected chi connectivity index (χ2v) is 3.61. The second-order valence-electron chi connectivity index (χ2n) is 3.61. The molecule has 0 aliphatic rings. The number of ether oxygens (including phenoxy) is 1. The molecule has 5 nitrogen and oxygen atoms in total. The highest BCUT2D eigenvalue weighted by molar-refractivity contribution is 5.83. The molecule has 0 radical (unpaired) electrons. The summed E-state index contributed by atoms with van der Waals surface area (Å²) in [5.41, 5.74) is 1.01. The minimum atomic E-state index is -0.473. The number of aromatic nitrogens is 2. The zero-order chi connectivity index (χ0) is 11.3. The molecule has 0 atom stereocenters. The Morgan fingerprint density at radius 2 is 2.40 bits per heavy atom. The number of aryl methyl sites for hydroxylation is 1. The third-order valence-corrected chi connectivity index (χ3v) is 1.72. The van der Waals surface area contributed by atoms with E-state index < -0.39 is 6.09 Å². The molecule has 0 bridgehead atoms. The third-order valence-electron chi connectivity index (χ3n) is 1.72. The molecule has 1 rings (SSSR count). The number of carbonyl (C=O) groups is 1. The Morgan fingerprint density at radius 3 is 3.00 bits per heavy atom. The van der Waals surface area contributed by atoms with Crippen molar-refractivity contribution in [1.29, 1.82) is 0 Å². The molecular weight excluding hydrogens is 194 g/mol. The molecule has 1 heterocycles. The van der Waals surface area contributed by atoms with Crippen LogP contribution in [0.15, 0.2) is 6.07 Å². The first-order chi connectivity index (χ1) is 7.11. The maximum Gasteiger partial charge on any atom is 0.413 e. The molecule has 0 spiro atoms. The van der Waals surface area contributed by atoms with Gasteiger partial charge in [-0.05, 0) is 20.3 Å². The summed E-state index contributed by atoms with van der Waals surface area (Å²) in [5.74, 6) is 0.504. The van der Waals surface area contributed by atoms with Gasteiger partial charge in [-0.3, -0.25) is 10.4 Å². The van der Waals surface area contributed by atoms with Gasteiger partial charge in [-0.15, -0.1) is 0 Å². The normalized spacial score (nSPS) is 10.4. The molecule has 15 heavy (non-hydrogen) atoms. The number of nitrogens with one attached hydrogen (secondary N) is 2. The minimum Gasteiger partial charge on any atom is -0.447 e. The molecule has 0 saturated heterocycles. The van der Waals surface area contributed by atoms with Gasteiger partial charge in [0.05, 0.1) is 6.10 Å². The van der Waals surface area contributed by atoms with Gasteiger partial charge in [0.15, 0.2) is 5.82 Å². The number of hydrogen-bond donors (Lipinski definition) is 2. The Morgan fingerprint density at radius 1 is 1.67 bits per heavy atom. The zero-order valence-corrected chi connectivity index (χ0v) is 9.33. The Balaban J connectivity index is 2.46. The van der Waals surface area contributed by atoms with E-state index in [4.69, 9.17) is 4.74 Å². The van der Waals surface area contributed by atoms with Gasteiger partial charge in [-0.25, -0.2) is 4.79 Å². The van der Waals surface area contributed by atoms with Crippen LogP contribution >= 0.6 is 0 Å². The largest absolute Gasteiger partial charge is 0.447 e. The predicted molar refractivity (Wildman–Crippen MR) is 57.8 cm³/mol. The summed E-state index contributed by atoms with van der Waals surface area (Å²) < 4.78 is 4.92. The number of nitrogens with zero attached hydrogens (tertiary/aromatic N) is 1. The van der Waals surface area contributed by atoms with E-state index in [1.54, 1.807) is 13.8 Å². The van der Waals surface area contributed by atoms with Crippen LogP contribution in [-0.4, -0.2) is 22.4 Å². The van der Waals surface area contributed by atoms with Crippen LogP contribution in [0.4, 0.5) is 10.6 Å². The number of aromatic amines is 1. The van der Waals surface area contributed by atoms with Gasteiger partial charge in [0.1, 0.15) is 0 Å². The van der Waals surface area contributed by atoms with Crippen molar-refractivity contribution >= 4 is 11.9 Å². The van der Waals surface area contributed by atoms with E-state index in [0.717, 1.165) is 18.5 Å². The van der Waals surface area contributed by atoms with Gasteiger partial charge in [0, 0.05) is 11.8 Å². The van der Waals surface area contributed by atoms with E-state index in [9.17, 15) is 4.79 Å². The van der Waals surface area contributed by atoms with Crippen LogP contribution in [0.2, 0.25) is 0 Å². The summed E-state index contributed by atoms with van der Waals surface area (Å²) in [4.78, 5) is 11.2. The lowest BCUT2D eigenvalue weighted by Crippen LogP contribution is -2.18. The Bertz CT molecular complexity index is 320. The highest BCUT2D eigenvalue weighted by Crippen LogP contribution is 2.07. The van der Waals surface area contributed by atoms with Gasteiger partial charge in [0.2, 0.25) is 0 Å². The second kappa shape index (κ2) is 5.38. The Hall–Kier alpha value is -1.52. The maximum atomic E-state index is 11.2. The lowest BCUT2D eigenvalue weighted by molar-refractivity contribution is 0.130. The summed E-state index contributed by atoms with van der Waals surface area (Å²) in [6.07, 6.45) is 1.37. The van der Waals surface area contributed by atoms with E-state index in [-0.39, 0.29) is 6.10 Å². The van der Waals surface area contributed by atoms with E-state index in [0.29, 0.717) is 5.82 Å². The standard InChI is InChI=1S/C10H17N3O2/c1-4-5-8-6-9(13-12-8)11-10(14)15-7(2)3/h6-7H,4-5H2,1-3H3,(H2,11,12,13,14). The first kappa shape index (κ1) is 11.6. The lowest BCUT2D eigenvalue weighted by atomic mass is 10.2. The molecule has 1 aromatic heterocycles. The summed E-state index contributed by atoms with van der Waals surface area (Å²) in [6, 6.07) is 1.81. The zero-order valence-electron chi connectivity index (χ0n) is 9.33. The highest BCUT2D eigenvalue weighted by Gasteiger charge is 2.07. The van der Waals surface area contributed by atoms with Crippen LogP contribution in [0.5, 0.6) is 0 Å². The van der Waals surface area contributed by atoms with E-state index >= 15 is 0 Å². The fourth-order valence-electron chi connectivity index (χ4n) is 1.17. The van der Waals surface area contributed by atoms with Gasteiger partial charge >= 0.3 is 6.09 Å². The predicted octanol–water partition coefficient (Wildman–Crippen LogP) is 2.32. The van der Waals surface area contributed by atoms with Gasteiger partial charge in [-0.1, -0.05) is 13.3 Å². The van der Waals surface area contributed by atoms with Crippen LogP contribution in [0.3, 0.4) is 0 Å². The summed E-state index contributed by atoms with van der Waals surface area (Å²) in [7, 11) is 0. The van der Waals surface area contributed by atoms with Crippen molar-refractivity contribution in [3.05, 3.63) is 11.8 Å². The number of anilines is 1. The quantitative estimate of drug-likeness (QED) is 0.803. The number of rotatable bonds is 4. The average molecular weight is 211 g/mol. The van der Waals surface area contributed by atoms with Crippen molar-refractivity contribution < 1.29 is 9.53 Å². The van der Waals surface area contributed by atoms with Crippen molar-refractivity contribution in [3.8, 4) is 0 Å². The fraction of sp³-hybridized carbons (Fsp3) is 0.600. The first-order valence-corrected chi connectivity index (χ1v) is 5.13. The van der Waals surface area contributed by atoms with Crippen molar-refractivity contribution in [1.82, 2.24) is 10.2 Å². The van der Waals surface area contributed by atoms with E-state index in [1.807, 2.05) is 6.07 Å². The minimum absolute atomic E-state index is 0.126. The van der Waals surface area contributed by atoms with Crippen LogP contribution in [0.25, 0.3) is 0 Å². The van der Waals surface area contributed by atoms with Crippen LogP contribution in [0.1, 0.15) is 32.9 Å². The molecule has 0 fully saturated rings. The summed E-state index contributed by atoms with van der Waals surface area (Å²) in [6.45, 7) is 5.68. The number of amides is 1. The molecule has 0 saturated carbocycles. The topological polar surface area (TPSA) is 67.0 Å². The molecule has 0 aromatic carbocycles. The molecule has 0 aliphatic carbocycles. The molecular formula is C10H17N3O2. The molecule has 84 valence electrons. The Labute approximate surface area is 89.2 Å². The Kier molecular flexibility index (Phi) is 4.15. The lowest BCUT2D eigenvalue weighted by Gasteiger charge is -2.06. The van der Waals surface area contributed by atoms with Crippen LogP contribution in [0, 0.1) is 0 Å². The SMILES string of the molecule is CCCc1cc(NC(=O)OC(C)C)n[nH]1. The van der Waals surface area contributed by atoms with Gasteiger partial charge in [-0.2, -0.15) is 5.10 Å². The summed E-state index contributed by atoms with van der Waals surface area (Å²) in [5, 5.41) is 9.34. The summed E-state index contributed by atoms with van der Waals surface area (Å²) >= 11 is 0.